The summed E-state index contributed by atoms with van der Waals surface area (Å²) in [7, 11) is 0. The third kappa shape index (κ3) is 3.65. The third-order valence-corrected chi connectivity index (χ3v) is 2.65. The lowest BCUT2D eigenvalue weighted by molar-refractivity contribution is -0.143. The molecule has 0 fully saturated rings. The highest BCUT2D eigenvalue weighted by Crippen LogP contribution is 2.34. The van der Waals surface area contributed by atoms with Gasteiger partial charge in [-0.2, -0.15) is 13.2 Å². The lowest BCUT2D eigenvalue weighted by Crippen LogP contribution is -2.23. The van der Waals surface area contributed by atoms with E-state index in [1.807, 2.05) is 0 Å². The molecule has 0 saturated carbocycles. The molecule has 7 heteroatoms. The minimum Gasteiger partial charge on any atom is -0.390 e. The van der Waals surface area contributed by atoms with Crippen LogP contribution in [0.5, 0.6) is 0 Å². The monoisotopic (exact) mass is 313 g/mol. The molecular formula is C10H11BrF3NO2. The summed E-state index contributed by atoms with van der Waals surface area (Å²) in [5, 5.41) is 19.5. The van der Waals surface area contributed by atoms with Crippen molar-refractivity contribution in [2.24, 2.45) is 0 Å². The van der Waals surface area contributed by atoms with E-state index in [4.69, 9.17) is 0 Å². The molecule has 1 aromatic heterocycles. The van der Waals surface area contributed by atoms with E-state index in [0.717, 1.165) is 12.3 Å². The Morgan fingerprint density at radius 1 is 1.35 bits per heavy atom. The molecule has 2 N–H and O–H groups in total. The Balaban J connectivity index is 3.05. The topological polar surface area (TPSA) is 53.4 Å². The van der Waals surface area contributed by atoms with Gasteiger partial charge in [-0.1, -0.05) is 22.0 Å². The molecule has 1 aromatic rings. The summed E-state index contributed by atoms with van der Waals surface area (Å²) in [5.74, 6) is 0. The fraction of sp³-hybridized carbons (Fsp3) is 0.500. The Labute approximate surface area is 104 Å². The van der Waals surface area contributed by atoms with Crippen LogP contribution in [0.25, 0.3) is 0 Å². The van der Waals surface area contributed by atoms with Crippen molar-refractivity contribution in [3.8, 4) is 0 Å². The van der Waals surface area contributed by atoms with Gasteiger partial charge in [-0.3, -0.25) is 4.98 Å². The first-order chi connectivity index (χ1) is 7.88. The van der Waals surface area contributed by atoms with Gasteiger partial charge in [0, 0.05) is 17.1 Å². The van der Waals surface area contributed by atoms with E-state index < -0.39 is 29.6 Å². The molecule has 0 aliphatic carbocycles. The van der Waals surface area contributed by atoms with Crippen LogP contribution in [-0.4, -0.2) is 26.6 Å². The van der Waals surface area contributed by atoms with Gasteiger partial charge in [-0.25, -0.2) is 0 Å². The predicted octanol–water partition coefficient (Wildman–Crippen LogP) is 2.28. The van der Waals surface area contributed by atoms with Gasteiger partial charge in [0.1, 0.15) is 11.8 Å². The van der Waals surface area contributed by atoms with E-state index in [9.17, 15) is 23.4 Å². The molecule has 1 rings (SSSR count). The summed E-state index contributed by atoms with van der Waals surface area (Å²) >= 11 is 3.04. The fourth-order valence-electron chi connectivity index (χ4n) is 1.37. The number of alkyl halides is 4. The van der Waals surface area contributed by atoms with Gasteiger partial charge in [0.15, 0.2) is 0 Å². The highest BCUT2D eigenvalue weighted by Gasteiger charge is 2.37. The summed E-state index contributed by atoms with van der Waals surface area (Å²) in [5.41, 5.74) is -1.57. The van der Waals surface area contributed by atoms with Crippen LogP contribution in [0, 0.1) is 0 Å². The second-order valence-corrected chi connectivity index (χ2v) is 4.22. The van der Waals surface area contributed by atoms with Crippen molar-refractivity contribution in [2.45, 2.75) is 24.8 Å². The van der Waals surface area contributed by atoms with Crippen molar-refractivity contribution in [2.75, 3.05) is 5.33 Å². The second-order valence-electron chi connectivity index (χ2n) is 3.43. The maximum atomic E-state index is 12.6. The molecule has 0 spiro atoms. The summed E-state index contributed by atoms with van der Waals surface area (Å²) in [6.45, 7) is 0. The predicted molar refractivity (Wildman–Crippen MR) is 58.6 cm³/mol. The summed E-state index contributed by atoms with van der Waals surface area (Å²) in [6.07, 6.45) is -6.37. The van der Waals surface area contributed by atoms with Gasteiger partial charge in [-0.05, 0) is 12.5 Å². The van der Waals surface area contributed by atoms with Gasteiger partial charge in [-0.15, -0.1) is 0 Å². The number of hydrogen-bond acceptors (Lipinski definition) is 3. The van der Waals surface area contributed by atoms with E-state index in [0.29, 0.717) is 5.33 Å². The molecule has 96 valence electrons. The van der Waals surface area contributed by atoms with Gasteiger partial charge < -0.3 is 10.2 Å². The highest BCUT2D eigenvalue weighted by atomic mass is 79.9. The molecule has 0 aliphatic heterocycles. The lowest BCUT2D eigenvalue weighted by Gasteiger charge is -2.20. The van der Waals surface area contributed by atoms with E-state index in [2.05, 4.69) is 20.9 Å². The number of hydrogen-bond donors (Lipinski definition) is 2. The Morgan fingerprint density at radius 3 is 2.53 bits per heavy atom. The first kappa shape index (κ1) is 14.4. The largest absolute Gasteiger partial charge is 0.433 e. The normalized spacial score (nSPS) is 15.6. The van der Waals surface area contributed by atoms with Crippen molar-refractivity contribution in [1.29, 1.82) is 0 Å². The van der Waals surface area contributed by atoms with Crippen LogP contribution in [0.2, 0.25) is 0 Å². The van der Waals surface area contributed by atoms with Crippen LogP contribution < -0.4 is 0 Å². The first-order valence-electron chi connectivity index (χ1n) is 4.82. The molecule has 0 aromatic carbocycles. The van der Waals surface area contributed by atoms with Crippen LogP contribution in [0.3, 0.4) is 0 Å². The van der Waals surface area contributed by atoms with Crippen molar-refractivity contribution in [3.63, 3.8) is 0 Å². The Bertz CT molecular complexity index is 373. The standard InChI is InChI=1S/C10H11BrF3NO2/c11-4-3-7(16)8(17)6-2-1-5-15-9(6)10(12,13)14/h1-2,5,7-8,16-17H,3-4H2. The van der Waals surface area contributed by atoms with Crippen molar-refractivity contribution >= 4 is 15.9 Å². The zero-order valence-corrected chi connectivity index (χ0v) is 10.2. The molecule has 2 atom stereocenters. The molecule has 0 radical (unpaired) electrons. The molecule has 2 unspecified atom stereocenters. The van der Waals surface area contributed by atoms with Crippen LogP contribution >= 0.6 is 15.9 Å². The van der Waals surface area contributed by atoms with Crippen LogP contribution in [0.15, 0.2) is 18.3 Å². The van der Waals surface area contributed by atoms with Crippen LogP contribution in [0.1, 0.15) is 23.8 Å². The molecular weight excluding hydrogens is 303 g/mol. The van der Waals surface area contributed by atoms with Crippen LogP contribution in [-0.2, 0) is 6.18 Å². The number of aliphatic hydroxyl groups excluding tert-OH is 2. The molecule has 1 heterocycles. The van der Waals surface area contributed by atoms with Gasteiger partial charge in [0.25, 0.3) is 0 Å². The summed E-state index contributed by atoms with van der Waals surface area (Å²) in [4.78, 5) is 3.21. The average molecular weight is 314 g/mol. The quantitative estimate of drug-likeness (QED) is 0.839. The molecule has 0 aliphatic rings. The van der Waals surface area contributed by atoms with Gasteiger partial charge in [0.2, 0.25) is 0 Å². The molecule has 0 bridgehead atoms. The van der Waals surface area contributed by atoms with Crippen molar-refractivity contribution < 1.29 is 23.4 Å². The molecule has 3 nitrogen and oxygen atoms in total. The number of nitrogens with zero attached hydrogens (tertiary/aromatic N) is 1. The van der Waals surface area contributed by atoms with Crippen LogP contribution in [0.4, 0.5) is 13.2 Å². The minimum absolute atomic E-state index is 0.146. The lowest BCUT2D eigenvalue weighted by atomic mass is 10.0. The maximum Gasteiger partial charge on any atom is 0.433 e. The highest BCUT2D eigenvalue weighted by molar-refractivity contribution is 9.09. The zero-order valence-electron chi connectivity index (χ0n) is 8.65. The van der Waals surface area contributed by atoms with E-state index in [1.165, 1.54) is 6.07 Å². The Hall–Kier alpha value is -0.660. The summed E-state index contributed by atoms with van der Waals surface area (Å²) < 4.78 is 37.8. The molecule has 0 saturated heterocycles. The Kier molecular flexibility index (Phi) is 4.91. The maximum absolute atomic E-state index is 12.6. The smallest absolute Gasteiger partial charge is 0.390 e. The summed E-state index contributed by atoms with van der Waals surface area (Å²) in [6, 6.07) is 2.40. The minimum atomic E-state index is -4.65. The molecule has 17 heavy (non-hydrogen) atoms. The van der Waals surface area contributed by atoms with Crippen molar-refractivity contribution in [3.05, 3.63) is 29.6 Å². The van der Waals surface area contributed by atoms with E-state index in [1.54, 1.807) is 0 Å². The first-order valence-corrected chi connectivity index (χ1v) is 5.94. The number of pyridine rings is 1. The third-order valence-electron chi connectivity index (χ3n) is 2.20. The number of aliphatic hydroxyl groups is 2. The number of halogens is 4. The molecule has 0 amide bonds. The fourth-order valence-corrected chi connectivity index (χ4v) is 1.84. The number of rotatable bonds is 4. The van der Waals surface area contributed by atoms with E-state index >= 15 is 0 Å². The van der Waals surface area contributed by atoms with Gasteiger partial charge >= 0.3 is 6.18 Å². The zero-order chi connectivity index (χ0) is 13.1. The number of aromatic nitrogens is 1. The average Bonchev–Trinajstić information content (AvgIpc) is 2.27. The second kappa shape index (κ2) is 5.79. The Morgan fingerprint density at radius 2 is 2.00 bits per heavy atom. The SMILES string of the molecule is OC(CCBr)C(O)c1cccnc1C(F)(F)F. The van der Waals surface area contributed by atoms with E-state index in [-0.39, 0.29) is 6.42 Å². The van der Waals surface area contributed by atoms with Crippen molar-refractivity contribution in [1.82, 2.24) is 4.98 Å². The van der Waals surface area contributed by atoms with Gasteiger partial charge in [0.05, 0.1) is 6.10 Å².